The lowest BCUT2D eigenvalue weighted by Gasteiger charge is -2.18. The third-order valence-corrected chi connectivity index (χ3v) is 2.52. The summed E-state index contributed by atoms with van der Waals surface area (Å²) < 4.78 is 0. The van der Waals surface area contributed by atoms with E-state index >= 15 is 0 Å². The van der Waals surface area contributed by atoms with Crippen molar-refractivity contribution < 1.29 is 0 Å². The lowest BCUT2D eigenvalue weighted by molar-refractivity contribution is 0.379. The molecule has 2 unspecified atom stereocenters. The fourth-order valence-electron chi connectivity index (χ4n) is 2.04. The summed E-state index contributed by atoms with van der Waals surface area (Å²) in [5, 5.41) is 3.45. The Hall–Kier alpha value is -0.0400. The quantitative estimate of drug-likeness (QED) is 0.492. The van der Waals surface area contributed by atoms with Crippen molar-refractivity contribution in [3.63, 3.8) is 0 Å². The highest BCUT2D eigenvalue weighted by Gasteiger charge is 2.27. The molecule has 2 bridgehead atoms. The fourth-order valence-corrected chi connectivity index (χ4v) is 2.04. The van der Waals surface area contributed by atoms with Crippen molar-refractivity contribution in [2.75, 3.05) is 13.1 Å². The van der Waals surface area contributed by atoms with Crippen molar-refractivity contribution in [2.24, 2.45) is 11.8 Å². The minimum absolute atomic E-state index is 1.05. The van der Waals surface area contributed by atoms with Gasteiger partial charge >= 0.3 is 0 Å². The zero-order valence-corrected chi connectivity index (χ0v) is 5.19. The molecule has 0 amide bonds. The van der Waals surface area contributed by atoms with Crippen molar-refractivity contribution in [1.82, 2.24) is 5.32 Å². The van der Waals surface area contributed by atoms with Crippen LogP contribution in [0.1, 0.15) is 19.3 Å². The van der Waals surface area contributed by atoms with E-state index < -0.39 is 0 Å². The van der Waals surface area contributed by atoms with E-state index in [0.29, 0.717) is 0 Å². The average molecular weight is 111 g/mol. The molecular formula is C7H13N. The number of rotatable bonds is 0. The summed E-state index contributed by atoms with van der Waals surface area (Å²) in [6.45, 7) is 2.60. The van der Waals surface area contributed by atoms with E-state index in [9.17, 15) is 0 Å². The fraction of sp³-hybridized carbons (Fsp3) is 1.00. The van der Waals surface area contributed by atoms with E-state index in [0.717, 1.165) is 11.8 Å². The summed E-state index contributed by atoms with van der Waals surface area (Å²) in [7, 11) is 0. The van der Waals surface area contributed by atoms with Crippen molar-refractivity contribution >= 4 is 0 Å². The van der Waals surface area contributed by atoms with Crippen molar-refractivity contribution in [3.05, 3.63) is 0 Å². The molecule has 1 heteroatoms. The molecule has 0 spiro atoms. The molecule has 2 aliphatic rings. The van der Waals surface area contributed by atoms with Gasteiger partial charge in [-0.2, -0.15) is 0 Å². The first-order valence-electron chi connectivity index (χ1n) is 3.66. The van der Waals surface area contributed by atoms with Crippen LogP contribution in [0.4, 0.5) is 0 Å². The minimum atomic E-state index is 1.05. The first kappa shape index (κ1) is 4.80. The molecule has 46 valence electrons. The van der Waals surface area contributed by atoms with Gasteiger partial charge in [0.25, 0.3) is 0 Å². The second-order valence-corrected chi connectivity index (χ2v) is 3.20. The second-order valence-electron chi connectivity index (χ2n) is 3.20. The topological polar surface area (TPSA) is 12.0 Å². The van der Waals surface area contributed by atoms with Gasteiger partial charge in [-0.3, -0.25) is 0 Å². The molecule has 1 nitrogen and oxygen atoms in total. The summed E-state index contributed by atoms with van der Waals surface area (Å²) in [4.78, 5) is 0. The third-order valence-electron chi connectivity index (χ3n) is 2.52. The number of piperidine rings is 1. The van der Waals surface area contributed by atoms with Crippen molar-refractivity contribution in [3.8, 4) is 0 Å². The molecule has 0 aromatic heterocycles. The number of hydrogen-bond acceptors (Lipinski definition) is 1. The van der Waals surface area contributed by atoms with E-state index in [2.05, 4.69) is 5.32 Å². The normalized spacial score (nSPS) is 45.0. The van der Waals surface area contributed by atoms with Crippen LogP contribution in [0.3, 0.4) is 0 Å². The highest BCUT2D eigenvalue weighted by molar-refractivity contribution is 4.82. The van der Waals surface area contributed by atoms with Crippen LogP contribution in [-0.4, -0.2) is 13.1 Å². The molecular weight excluding hydrogens is 98.1 g/mol. The Morgan fingerprint density at radius 2 is 1.62 bits per heavy atom. The van der Waals surface area contributed by atoms with Gasteiger partial charge < -0.3 is 5.32 Å². The SMILES string of the molecule is C1CC2CNCC1C2. The molecule has 1 saturated heterocycles. The van der Waals surface area contributed by atoms with Gasteiger partial charge in [-0.25, -0.2) is 0 Å². The van der Waals surface area contributed by atoms with E-state index in [-0.39, 0.29) is 0 Å². The largest absolute Gasteiger partial charge is 0.316 e. The van der Waals surface area contributed by atoms with Crippen LogP contribution in [0.2, 0.25) is 0 Å². The molecule has 1 aliphatic carbocycles. The Morgan fingerprint density at radius 3 is 2.12 bits per heavy atom. The zero-order valence-electron chi connectivity index (χ0n) is 5.19. The molecule has 2 rings (SSSR count). The molecule has 0 aromatic carbocycles. The molecule has 1 saturated carbocycles. The van der Waals surface area contributed by atoms with Gasteiger partial charge in [-0.05, 0) is 44.2 Å². The summed E-state index contributed by atoms with van der Waals surface area (Å²) in [5.74, 6) is 2.10. The highest BCUT2D eigenvalue weighted by Crippen LogP contribution is 2.32. The average Bonchev–Trinajstić information content (AvgIpc) is 2.12. The number of nitrogens with one attached hydrogen (secondary N) is 1. The maximum absolute atomic E-state index is 3.45. The predicted octanol–water partition coefficient (Wildman–Crippen LogP) is 1.01. The van der Waals surface area contributed by atoms with Crippen LogP contribution in [0.25, 0.3) is 0 Å². The smallest absolute Gasteiger partial charge is 0.00203 e. The number of hydrogen-bond donors (Lipinski definition) is 1. The summed E-state index contributed by atoms with van der Waals surface area (Å²) in [6, 6.07) is 0. The van der Waals surface area contributed by atoms with Gasteiger partial charge in [0.05, 0.1) is 0 Å². The van der Waals surface area contributed by atoms with E-state index in [1.54, 1.807) is 0 Å². The number of fused-ring (bicyclic) bond motifs is 2. The minimum Gasteiger partial charge on any atom is -0.316 e. The van der Waals surface area contributed by atoms with Crippen molar-refractivity contribution in [2.45, 2.75) is 19.3 Å². The Labute approximate surface area is 50.5 Å². The summed E-state index contributed by atoms with van der Waals surface area (Å²) in [5.41, 5.74) is 0. The Kier molecular flexibility index (Phi) is 1.04. The van der Waals surface area contributed by atoms with Crippen LogP contribution in [0, 0.1) is 11.8 Å². The van der Waals surface area contributed by atoms with Crippen LogP contribution >= 0.6 is 0 Å². The molecule has 0 radical (unpaired) electrons. The maximum atomic E-state index is 3.45. The molecule has 1 heterocycles. The predicted molar refractivity (Wildman–Crippen MR) is 33.7 cm³/mol. The first-order valence-corrected chi connectivity index (χ1v) is 3.66. The van der Waals surface area contributed by atoms with Gasteiger partial charge in [-0.15, -0.1) is 0 Å². The zero-order chi connectivity index (χ0) is 5.40. The maximum Gasteiger partial charge on any atom is -0.00203 e. The second kappa shape index (κ2) is 1.73. The lowest BCUT2D eigenvalue weighted by atomic mass is 10.0. The van der Waals surface area contributed by atoms with Crippen LogP contribution in [0.5, 0.6) is 0 Å². The molecule has 8 heavy (non-hydrogen) atoms. The summed E-state index contributed by atoms with van der Waals surface area (Å²) in [6.07, 6.45) is 4.52. The van der Waals surface area contributed by atoms with Crippen molar-refractivity contribution in [1.29, 1.82) is 0 Å². The van der Waals surface area contributed by atoms with Crippen LogP contribution in [-0.2, 0) is 0 Å². The monoisotopic (exact) mass is 111 g/mol. The molecule has 0 aromatic rings. The van der Waals surface area contributed by atoms with E-state index in [4.69, 9.17) is 0 Å². The van der Waals surface area contributed by atoms with Gasteiger partial charge in [0.15, 0.2) is 0 Å². The Morgan fingerprint density at radius 1 is 1.00 bits per heavy atom. The van der Waals surface area contributed by atoms with Gasteiger partial charge in [0, 0.05) is 0 Å². The molecule has 2 fully saturated rings. The van der Waals surface area contributed by atoms with Crippen LogP contribution in [0.15, 0.2) is 0 Å². The van der Waals surface area contributed by atoms with Gasteiger partial charge in [0.1, 0.15) is 0 Å². The van der Waals surface area contributed by atoms with E-state index in [1.165, 1.54) is 32.4 Å². The van der Waals surface area contributed by atoms with Gasteiger partial charge in [0.2, 0.25) is 0 Å². The third kappa shape index (κ3) is 0.655. The Balaban J connectivity index is 2.03. The standard InChI is InChI=1S/C7H13N/c1-2-7-3-6(1)4-8-5-7/h6-8H,1-5H2. The lowest BCUT2D eigenvalue weighted by Crippen LogP contribution is -2.30. The molecule has 2 atom stereocenters. The first-order chi connectivity index (χ1) is 3.95. The van der Waals surface area contributed by atoms with Gasteiger partial charge in [-0.1, -0.05) is 0 Å². The highest BCUT2D eigenvalue weighted by atomic mass is 14.9. The molecule has 1 N–H and O–H groups in total. The van der Waals surface area contributed by atoms with E-state index in [1.807, 2.05) is 0 Å². The van der Waals surface area contributed by atoms with Crippen LogP contribution < -0.4 is 5.32 Å². The summed E-state index contributed by atoms with van der Waals surface area (Å²) >= 11 is 0. The molecule has 1 aliphatic heterocycles. The Bertz CT molecular complexity index is 76.4.